The molecule has 1 heterocycles. The van der Waals surface area contributed by atoms with Gasteiger partial charge in [0, 0.05) is 0 Å². The fourth-order valence-electron chi connectivity index (χ4n) is 2.39. The molecule has 29 heavy (non-hydrogen) atoms. The number of imide groups is 1. The minimum atomic E-state index is -5.42. The smallest absolute Gasteiger partial charge is 0.444 e. The van der Waals surface area contributed by atoms with Crippen molar-refractivity contribution in [3.63, 3.8) is 0 Å². The van der Waals surface area contributed by atoms with E-state index < -0.39 is 29.7 Å². The minimum Gasteiger partial charge on any atom is -0.457 e. The van der Waals surface area contributed by atoms with E-state index in [1.807, 2.05) is 6.07 Å². The molecule has 152 valence electrons. The zero-order chi connectivity index (χ0) is 21.2. The van der Waals surface area contributed by atoms with Gasteiger partial charge in [0.05, 0.1) is 11.4 Å². The molecule has 2 aromatic carbocycles. The molecule has 0 radical (unpaired) electrons. The van der Waals surface area contributed by atoms with Crippen LogP contribution in [0.3, 0.4) is 0 Å². The number of halogens is 3. The average molecular weight is 425 g/mol. The van der Waals surface area contributed by atoms with E-state index in [4.69, 9.17) is 14.9 Å². The lowest BCUT2D eigenvalue weighted by molar-refractivity contribution is -0.348. The van der Waals surface area contributed by atoms with Crippen LogP contribution in [0.2, 0.25) is 0 Å². The van der Waals surface area contributed by atoms with Crippen LogP contribution in [0.15, 0.2) is 59.5 Å². The Morgan fingerprint density at radius 3 is 2.31 bits per heavy atom. The number of ether oxygens (including phenoxy) is 1. The summed E-state index contributed by atoms with van der Waals surface area (Å²) in [6, 6.07) is 15.4. The first-order valence-corrected chi connectivity index (χ1v) is 8.98. The number of β-amino-alcohol motifs (C(OH)–C–C–N with tert-alkyl or cyclic N) is 2. The second-order valence-electron chi connectivity index (χ2n) is 6.07. The fourth-order valence-corrected chi connectivity index (χ4v) is 3.23. The van der Waals surface area contributed by atoms with Crippen molar-refractivity contribution < 1.29 is 37.7 Å². The molecule has 1 fully saturated rings. The van der Waals surface area contributed by atoms with Crippen molar-refractivity contribution in [3.05, 3.63) is 65.1 Å². The highest BCUT2D eigenvalue weighted by Gasteiger charge is 2.56. The highest BCUT2D eigenvalue weighted by atomic mass is 32.2. The third-order valence-corrected chi connectivity index (χ3v) is 4.75. The van der Waals surface area contributed by atoms with Crippen LogP contribution in [0.5, 0.6) is 11.5 Å². The molecule has 0 unspecified atom stereocenters. The summed E-state index contributed by atoms with van der Waals surface area (Å²) >= 11 is 0.406. The van der Waals surface area contributed by atoms with Crippen LogP contribution in [0.1, 0.15) is 5.56 Å². The Kier molecular flexibility index (Phi) is 5.69. The number of hydrogen-bond acceptors (Lipinski definition) is 6. The Bertz CT molecular complexity index is 960. The van der Waals surface area contributed by atoms with Gasteiger partial charge in [-0.2, -0.15) is 13.2 Å². The Hall–Kier alpha value is -2.82. The molecule has 1 aliphatic heterocycles. The molecule has 10 heteroatoms. The monoisotopic (exact) mass is 425 g/mol. The lowest BCUT2D eigenvalue weighted by Gasteiger charge is -2.27. The maximum absolute atomic E-state index is 12.6. The largest absolute Gasteiger partial charge is 0.457 e. The van der Waals surface area contributed by atoms with E-state index in [9.17, 15) is 22.8 Å². The van der Waals surface area contributed by atoms with Gasteiger partial charge in [0.25, 0.3) is 16.9 Å². The molecule has 0 saturated carbocycles. The van der Waals surface area contributed by atoms with Crippen LogP contribution in [-0.4, -0.2) is 44.8 Å². The topological polar surface area (TPSA) is 87.1 Å². The van der Waals surface area contributed by atoms with Crippen molar-refractivity contribution in [2.45, 2.75) is 12.0 Å². The molecule has 0 aromatic heterocycles. The third kappa shape index (κ3) is 4.78. The van der Waals surface area contributed by atoms with E-state index in [1.54, 1.807) is 48.5 Å². The number of alkyl halides is 3. The first kappa shape index (κ1) is 20.9. The van der Waals surface area contributed by atoms with Crippen molar-refractivity contribution in [2.24, 2.45) is 0 Å². The predicted molar refractivity (Wildman–Crippen MR) is 98.9 cm³/mol. The number of rotatable bonds is 5. The molecular formula is C19H14F3NO5S. The van der Waals surface area contributed by atoms with Crippen LogP contribution in [0.4, 0.5) is 18.0 Å². The van der Waals surface area contributed by atoms with Gasteiger partial charge < -0.3 is 14.9 Å². The van der Waals surface area contributed by atoms with Crippen LogP contribution >= 0.6 is 11.8 Å². The fraction of sp³-hybridized carbons (Fsp3) is 0.158. The third-order valence-electron chi connectivity index (χ3n) is 3.84. The summed E-state index contributed by atoms with van der Waals surface area (Å²) in [5, 5.41) is 17.2. The van der Waals surface area contributed by atoms with Gasteiger partial charge in [0.15, 0.2) is 0 Å². The zero-order valence-electron chi connectivity index (χ0n) is 14.6. The highest BCUT2D eigenvalue weighted by Crippen LogP contribution is 2.36. The van der Waals surface area contributed by atoms with E-state index in [0.29, 0.717) is 28.8 Å². The second-order valence-corrected chi connectivity index (χ2v) is 7.06. The van der Waals surface area contributed by atoms with Gasteiger partial charge >= 0.3 is 6.18 Å². The van der Waals surface area contributed by atoms with E-state index in [1.165, 1.54) is 6.08 Å². The molecule has 0 bridgehead atoms. The van der Waals surface area contributed by atoms with Gasteiger partial charge in [-0.15, -0.1) is 0 Å². The molecule has 6 nitrogen and oxygen atoms in total. The van der Waals surface area contributed by atoms with Crippen molar-refractivity contribution in [1.82, 2.24) is 4.90 Å². The number of aliphatic hydroxyl groups is 2. The Morgan fingerprint density at radius 1 is 1.00 bits per heavy atom. The lowest BCUT2D eigenvalue weighted by atomic mass is 10.2. The van der Waals surface area contributed by atoms with E-state index in [2.05, 4.69) is 0 Å². The summed E-state index contributed by atoms with van der Waals surface area (Å²) in [6.45, 7) is -1.62. The molecule has 1 aliphatic rings. The van der Waals surface area contributed by atoms with Crippen molar-refractivity contribution in [2.75, 3.05) is 6.54 Å². The summed E-state index contributed by atoms with van der Waals surface area (Å²) in [5.74, 6) is -4.21. The maximum Gasteiger partial charge on any atom is 0.444 e. The summed E-state index contributed by atoms with van der Waals surface area (Å²) in [4.78, 5) is 24.2. The SMILES string of the molecule is O=C1S/C(=C\c2cccc(Oc3ccccc3)c2)C(=O)N1CC(O)(O)C(F)(F)F. The number of para-hydroxylation sites is 1. The van der Waals surface area contributed by atoms with Crippen molar-refractivity contribution in [1.29, 1.82) is 0 Å². The quantitative estimate of drug-likeness (QED) is 0.560. The summed E-state index contributed by atoms with van der Waals surface area (Å²) in [6.07, 6.45) is -4.11. The number of thioether (sulfide) groups is 1. The first-order valence-electron chi connectivity index (χ1n) is 8.17. The number of carbonyl (C=O) groups is 2. The van der Waals surface area contributed by atoms with Gasteiger partial charge in [0.1, 0.15) is 11.5 Å². The number of benzene rings is 2. The van der Waals surface area contributed by atoms with Crippen LogP contribution in [0, 0.1) is 0 Å². The number of nitrogens with zero attached hydrogens (tertiary/aromatic N) is 1. The molecular weight excluding hydrogens is 411 g/mol. The number of hydrogen-bond donors (Lipinski definition) is 2. The standard InChI is InChI=1S/C19H14F3NO5S/c20-19(21,22)18(26,27)11-23-16(24)15(29-17(23)25)10-12-5-4-8-14(9-12)28-13-6-2-1-3-7-13/h1-10,26-27H,11H2/b15-10-. The van der Waals surface area contributed by atoms with Gasteiger partial charge in [-0.3, -0.25) is 14.5 Å². The van der Waals surface area contributed by atoms with Crippen LogP contribution in [-0.2, 0) is 4.79 Å². The lowest BCUT2D eigenvalue weighted by Crippen LogP contribution is -2.54. The Balaban J connectivity index is 1.78. The second kappa shape index (κ2) is 7.90. The number of carbonyl (C=O) groups excluding carboxylic acids is 2. The van der Waals surface area contributed by atoms with E-state index in [0.717, 1.165) is 0 Å². The molecule has 0 spiro atoms. The molecule has 0 aliphatic carbocycles. The van der Waals surface area contributed by atoms with Gasteiger partial charge in [-0.1, -0.05) is 30.3 Å². The average Bonchev–Trinajstić information content (AvgIpc) is 2.89. The molecule has 2 amide bonds. The molecule has 2 N–H and O–H groups in total. The van der Waals surface area contributed by atoms with Crippen LogP contribution in [0.25, 0.3) is 6.08 Å². The predicted octanol–water partition coefficient (Wildman–Crippen LogP) is 3.76. The molecule has 2 aromatic rings. The van der Waals surface area contributed by atoms with E-state index >= 15 is 0 Å². The van der Waals surface area contributed by atoms with Gasteiger partial charge in [-0.05, 0) is 47.7 Å². The summed E-state index contributed by atoms with van der Waals surface area (Å²) in [5.41, 5.74) is 0.471. The Labute approximate surface area is 167 Å². The van der Waals surface area contributed by atoms with Crippen LogP contribution < -0.4 is 4.74 Å². The molecule has 0 atom stereocenters. The zero-order valence-corrected chi connectivity index (χ0v) is 15.4. The van der Waals surface area contributed by atoms with Gasteiger partial charge in [0.2, 0.25) is 0 Å². The van der Waals surface area contributed by atoms with Gasteiger partial charge in [-0.25, -0.2) is 0 Å². The molecule has 1 saturated heterocycles. The normalized spacial score (nSPS) is 16.6. The maximum atomic E-state index is 12.6. The van der Waals surface area contributed by atoms with Crippen molar-refractivity contribution in [3.8, 4) is 11.5 Å². The summed E-state index contributed by atoms with van der Waals surface area (Å²) in [7, 11) is 0. The Morgan fingerprint density at radius 2 is 1.66 bits per heavy atom. The first-order chi connectivity index (χ1) is 13.6. The molecule has 3 rings (SSSR count). The van der Waals surface area contributed by atoms with Crippen molar-refractivity contribution >= 4 is 29.0 Å². The number of amides is 2. The summed E-state index contributed by atoms with van der Waals surface area (Å²) < 4.78 is 43.5. The minimum absolute atomic E-state index is 0.147. The van der Waals surface area contributed by atoms with E-state index in [-0.39, 0.29) is 9.81 Å². The highest BCUT2D eigenvalue weighted by molar-refractivity contribution is 8.18.